The quantitative estimate of drug-likeness (QED) is 0.517. The average Bonchev–Trinajstić information content (AvgIpc) is 2.66. The van der Waals surface area contributed by atoms with Gasteiger partial charge < -0.3 is 14.2 Å². The van der Waals surface area contributed by atoms with Crippen LogP contribution in [0.15, 0.2) is 46.0 Å². The van der Waals surface area contributed by atoms with Gasteiger partial charge in [-0.05, 0) is 48.4 Å². The Bertz CT molecular complexity index is 793. The highest BCUT2D eigenvalue weighted by Crippen LogP contribution is 2.27. The topological polar surface area (TPSA) is 69.2 Å². The summed E-state index contributed by atoms with van der Waals surface area (Å²) < 4.78 is 16.9. The van der Waals surface area contributed by atoms with Crippen LogP contribution in [0, 0.1) is 0 Å². The predicted molar refractivity (Wildman–Crippen MR) is 105 cm³/mol. The lowest BCUT2D eigenvalue weighted by molar-refractivity contribution is 0.0952. The zero-order valence-electron chi connectivity index (χ0n) is 14.9. The van der Waals surface area contributed by atoms with E-state index in [4.69, 9.17) is 14.2 Å². The molecule has 2 aromatic rings. The van der Waals surface area contributed by atoms with Crippen molar-refractivity contribution in [1.82, 2.24) is 5.43 Å². The Hall–Kier alpha value is -2.54. The molecule has 26 heavy (non-hydrogen) atoms. The molecule has 7 heteroatoms. The lowest BCUT2D eigenvalue weighted by Crippen LogP contribution is -2.18. The maximum atomic E-state index is 12.3. The van der Waals surface area contributed by atoms with Gasteiger partial charge in [0, 0.05) is 4.47 Å². The number of rotatable bonds is 8. The summed E-state index contributed by atoms with van der Waals surface area (Å²) in [7, 11) is 3.09. The van der Waals surface area contributed by atoms with Crippen molar-refractivity contribution in [2.24, 2.45) is 5.10 Å². The number of nitrogens with zero attached hydrogens (tertiary/aromatic N) is 1. The first-order valence-corrected chi connectivity index (χ1v) is 8.86. The first-order valence-electron chi connectivity index (χ1n) is 8.06. The van der Waals surface area contributed by atoms with Crippen LogP contribution in [0.5, 0.6) is 17.2 Å². The zero-order valence-corrected chi connectivity index (χ0v) is 16.5. The van der Waals surface area contributed by atoms with Gasteiger partial charge in [0.05, 0.1) is 32.6 Å². The molecule has 6 nitrogen and oxygen atoms in total. The number of ether oxygens (including phenoxy) is 3. The lowest BCUT2D eigenvalue weighted by Gasteiger charge is -2.10. The second kappa shape index (κ2) is 9.82. The van der Waals surface area contributed by atoms with Crippen LogP contribution in [-0.4, -0.2) is 32.9 Å². The smallest absolute Gasteiger partial charge is 0.275 e. The Kier molecular flexibility index (Phi) is 7.47. The summed E-state index contributed by atoms with van der Waals surface area (Å²) in [6.07, 6.45) is 2.45. The molecule has 0 fully saturated rings. The summed E-state index contributed by atoms with van der Waals surface area (Å²) in [4.78, 5) is 12.3. The van der Waals surface area contributed by atoms with Crippen molar-refractivity contribution in [3.8, 4) is 17.2 Å². The fourth-order valence-corrected chi connectivity index (χ4v) is 2.54. The number of carbonyl (C=O) groups is 1. The van der Waals surface area contributed by atoms with Crippen molar-refractivity contribution < 1.29 is 19.0 Å². The maximum Gasteiger partial charge on any atom is 0.275 e. The van der Waals surface area contributed by atoms with Gasteiger partial charge in [0.15, 0.2) is 11.5 Å². The van der Waals surface area contributed by atoms with E-state index in [1.54, 1.807) is 31.4 Å². The van der Waals surface area contributed by atoms with E-state index >= 15 is 0 Å². The van der Waals surface area contributed by atoms with Crippen molar-refractivity contribution in [1.29, 1.82) is 0 Å². The standard InChI is InChI=1S/C19H21BrN2O4/c1-4-9-26-17-7-5-13(10-18(17)25-3)12-21-22-19(23)15-11-14(20)6-8-16(15)24-2/h5-8,10-12H,4,9H2,1-3H3,(H,22,23)/b21-12-. The van der Waals surface area contributed by atoms with E-state index in [1.807, 2.05) is 19.1 Å². The first-order chi connectivity index (χ1) is 12.6. The van der Waals surface area contributed by atoms with Crippen LogP contribution in [-0.2, 0) is 0 Å². The van der Waals surface area contributed by atoms with E-state index in [-0.39, 0.29) is 5.91 Å². The number of hydrogen-bond acceptors (Lipinski definition) is 5. The van der Waals surface area contributed by atoms with Crippen LogP contribution >= 0.6 is 15.9 Å². The minimum Gasteiger partial charge on any atom is -0.496 e. The lowest BCUT2D eigenvalue weighted by atomic mass is 10.2. The highest BCUT2D eigenvalue weighted by Gasteiger charge is 2.12. The van der Waals surface area contributed by atoms with E-state index in [0.29, 0.717) is 29.4 Å². The minimum absolute atomic E-state index is 0.366. The van der Waals surface area contributed by atoms with E-state index < -0.39 is 0 Å². The molecular weight excluding hydrogens is 400 g/mol. The summed E-state index contributed by atoms with van der Waals surface area (Å²) in [6.45, 7) is 2.66. The van der Waals surface area contributed by atoms with Crippen molar-refractivity contribution in [3.63, 3.8) is 0 Å². The maximum absolute atomic E-state index is 12.3. The number of amides is 1. The average molecular weight is 421 g/mol. The molecule has 0 unspecified atom stereocenters. The second-order valence-corrected chi connectivity index (χ2v) is 6.22. The normalized spacial score (nSPS) is 10.6. The molecule has 0 aliphatic rings. The first kappa shape index (κ1) is 19.8. The molecule has 0 bridgehead atoms. The third-order valence-corrected chi connectivity index (χ3v) is 3.93. The Labute approximate surface area is 161 Å². The van der Waals surface area contributed by atoms with Crippen LogP contribution in [0.2, 0.25) is 0 Å². The number of halogens is 1. The molecular formula is C19H21BrN2O4. The largest absolute Gasteiger partial charge is 0.496 e. The second-order valence-electron chi connectivity index (χ2n) is 5.30. The monoisotopic (exact) mass is 420 g/mol. The molecule has 0 atom stereocenters. The van der Waals surface area contributed by atoms with Gasteiger partial charge in [0.2, 0.25) is 0 Å². The Morgan fingerprint density at radius 2 is 1.85 bits per heavy atom. The molecule has 0 spiro atoms. The summed E-state index contributed by atoms with van der Waals surface area (Å²) in [5, 5.41) is 4.00. The Balaban J connectivity index is 2.08. The molecule has 1 amide bonds. The van der Waals surface area contributed by atoms with Crippen LogP contribution in [0.4, 0.5) is 0 Å². The van der Waals surface area contributed by atoms with E-state index in [2.05, 4.69) is 26.5 Å². The van der Waals surface area contributed by atoms with E-state index in [1.165, 1.54) is 13.3 Å². The summed E-state index contributed by atoms with van der Waals surface area (Å²) >= 11 is 3.34. The highest BCUT2D eigenvalue weighted by molar-refractivity contribution is 9.10. The molecule has 138 valence electrons. The minimum atomic E-state index is -0.366. The van der Waals surface area contributed by atoms with Crippen LogP contribution in [0.1, 0.15) is 29.3 Å². The zero-order chi connectivity index (χ0) is 18.9. The number of hydrogen-bond donors (Lipinski definition) is 1. The SMILES string of the molecule is CCCOc1ccc(/C=N\NC(=O)c2cc(Br)ccc2OC)cc1OC. The van der Waals surface area contributed by atoms with Crippen molar-refractivity contribution >= 4 is 28.1 Å². The predicted octanol–water partition coefficient (Wildman–Crippen LogP) is 4.02. The Morgan fingerprint density at radius 3 is 2.54 bits per heavy atom. The van der Waals surface area contributed by atoms with Gasteiger partial charge in [0.25, 0.3) is 5.91 Å². The van der Waals surface area contributed by atoms with Gasteiger partial charge in [-0.1, -0.05) is 22.9 Å². The molecule has 2 aromatic carbocycles. The molecule has 0 saturated carbocycles. The Morgan fingerprint density at radius 1 is 1.12 bits per heavy atom. The molecule has 2 rings (SSSR count). The molecule has 0 heterocycles. The number of carbonyl (C=O) groups excluding carboxylic acids is 1. The molecule has 0 saturated heterocycles. The molecule has 0 radical (unpaired) electrons. The van der Waals surface area contributed by atoms with E-state index in [0.717, 1.165) is 16.5 Å². The number of benzene rings is 2. The van der Waals surface area contributed by atoms with Gasteiger partial charge >= 0.3 is 0 Å². The fraction of sp³-hybridized carbons (Fsp3) is 0.263. The molecule has 0 aliphatic carbocycles. The van der Waals surface area contributed by atoms with E-state index in [9.17, 15) is 4.79 Å². The summed E-state index contributed by atoms with van der Waals surface area (Å²) in [5.41, 5.74) is 3.65. The summed E-state index contributed by atoms with van der Waals surface area (Å²) in [6, 6.07) is 10.6. The third kappa shape index (κ3) is 5.23. The number of methoxy groups -OCH3 is 2. The van der Waals surface area contributed by atoms with Gasteiger partial charge in [-0.3, -0.25) is 4.79 Å². The van der Waals surface area contributed by atoms with Gasteiger partial charge in [-0.25, -0.2) is 5.43 Å². The highest BCUT2D eigenvalue weighted by atomic mass is 79.9. The van der Waals surface area contributed by atoms with Crippen molar-refractivity contribution in [2.75, 3.05) is 20.8 Å². The molecule has 0 aromatic heterocycles. The number of nitrogens with one attached hydrogen (secondary N) is 1. The third-order valence-electron chi connectivity index (χ3n) is 3.44. The van der Waals surface area contributed by atoms with Crippen LogP contribution in [0.25, 0.3) is 0 Å². The summed E-state index contributed by atoms with van der Waals surface area (Å²) in [5.74, 6) is 1.39. The molecule has 1 N–H and O–H groups in total. The van der Waals surface area contributed by atoms with Crippen molar-refractivity contribution in [2.45, 2.75) is 13.3 Å². The fourth-order valence-electron chi connectivity index (χ4n) is 2.18. The van der Waals surface area contributed by atoms with Gasteiger partial charge in [0.1, 0.15) is 5.75 Å². The van der Waals surface area contributed by atoms with Gasteiger partial charge in [-0.2, -0.15) is 5.10 Å². The van der Waals surface area contributed by atoms with Crippen molar-refractivity contribution in [3.05, 3.63) is 52.0 Å². The number of hydrazone groups is 1. The van der Waals surface area contributed by atoms with Crippen LogP contribution < -0.4 is 19.6 Å². The van der Waals surface area contributed by atoms with Crippen LogP contribution in [0.3, 0.4) is 0 Å². The van der Waals surface area contributed by atoms with Gasteiger partial charge in [-0.15, -0.1) is 0 Å². The molecule has 0 aliphatic heterocycles.